The smallest absolute Gasteiger partial charge is 0.267 e. The van der Waals surface area contributed by atoms with Crippen LogP contribution >= 0.6 is 0 Å². The lowest BCUT2D eigenvalue weighted by Gasteiger charge is -2.34. The average Bonchev–Trinajstić information content (AvgIpc) is 3.19. The highest BCUT2D eigenvalue weighted by molar-refractivity contribution is 5.20. The molecule has 0 atom stereocenters. The van der Waals surface area contributed by atoms with Crippen LogP contribution in [0.5, 0.6) is 0 Å². The van der Waals surface area contributed by atoms with Gasteiger partial charge in [-0.05, 0) is 31.2 Å². The van der Waals surface area contributed by atoms with Crippen LogP contribution in [0.3, 0.4) is 0 Å². The number of aryl methyl sites for hydroxylation is 2. The van der Waals surface area contributed by atoms with Crippen molar-refractivity contribution in [3.8, 4) is 0 Å². The molecular weight excluding hydrogens is 330 g/mol. The molecule has 0 radical (unpaired) electrons. The van der Waals surface area contributed by atoms with Crippen molar-refractivity contribution in [2.45, 2.75) is 38.8 Å². The van der Waals surface area contributed by atoms with Gasteiger partial charge in [-0.15, -0.1) is 0 Å². The van der Waals surface area contributed by atoms with Crippen molar-refractivity contribution in [2.75, 3.05) is 39.3 Å². The highest BCUT2D eigenvalue weighted by Gasteiger charge is 2.18. The first-order valence-corrected chi connectivity index (χ1v) is 9.67. The van der Waals surface area contributed by atoms with E-state index in [-0.39, 0.29) is 5.56 Å². The molecule has 1 aliphatic heterocycles. The molecule has 0 N–H and O–H groups in total. The molecule has 1 saturated heterocycles. The fourth-order valence-corrected chi connectivity index (χ4v) is 3.82. The minimum absolute atomic E-state index is 0.0519. The van der Waals surface area contributed by atoms with E-state index in [1.54, 1.807) is 21.9 Å². The number of nitrogens with zero attached hydrogens (tertiary/aromatic N) is 7. The summed E-state index contributed by atoms with van der Waals surface area (Å²) < 4.78 is 1.67. The van der Waals surface area contributed by atoms with E-state index in [1.807, 2.05) is 6.07 Å². The van der Waals surface area contributed by atoms with Gasteiger partial charge in [0.25, 0.3) is 5.56 Å². The van der Waals surface area contributed by atoms with Crippen LogP contribution in [0.15, 0.2) is 23.3 Å². The number of fused-ring (bicyclic) bond motifs is 1. The maximum atomic E-state index is 12.3. The molecule has 2 aliphatic rings. The van der Waals surface area contributed by atoms with Gasteiger partial charge in [-0.3, -0.25) is 14.6 Å². The Morgan fingerprint density at radius 2 is 1.50 bits per heavy atom. The van der Waals surface area contributed by atoms with Gasteiger partial charge in [0.1, 0.15) is 0 Å². The van der Waals surface area contributed by atoms with E-state index in [0.717, 1.165) is 69.9 Å². The first-order chi connectivity index (χ1) is 12.8. The summed E-state index contributed by atoms with van der Waals surface area (Å²) in [6, 6.07) is 1.81. The number of piperazine rings is 1. The quantitative estimate of drug-likeness (QED) is 0.726. The van der Waals surface area contributed by atoms with E-state index in [1.165, 1.54) is 12.8 Å². The number of hydrogen-bond donors (Lipinski definition) is 0. The molecule has 2 aromatic heterocycles. The zero-order chi connectivity index (χ0) is 17.8. The summed E-state index contributed by atoms with van der Waals surface area (Å²) in [6.07, 6.45) is 7.82. The molecular formula is C18H27N7O. The van der Waals surface area contributed by atoms with Crippen molar-refractivity contribution in [1.29, 1.82) is 0 Å². The van der Waals surface area contributed by atoms with Crippen LogP contribution in [0.4, 0.5) is 0 Å². The van der Waals surface area contributed by atoms with Crippen molar-refractivity contribution in [1.82, 2.24) is 34.6 Å². The van der Waals surface area contributed by atoms with Crippen LogP contribution < -0.4 is 5.56 Å². The van der Waals surface area contributed by atoms with Crippen molar-refractivity contribution in [3.05, 3.63) is 40.1 Å². The second-order valence-electron chi connectivity index (χ2n) is 7.19. The predicted octanol–water partition coefficient (Wildman–Crippen LogP) is 0.0314. The summed E-state index contributed by atoms with van der Waals surface area (Å²) in [7, 11) is 0. The summed E-state index contributed by atoms with van der Waals surface area (Å²) in [5.74, 6) is 0. The lowest BCUT2D eigenvalue weighted by molar-refractivity contribution is 0.122. The Balaban J connectivity index is 1.24. The normalized spacial score (nSPS) is 18.8. The van der Waals surface area contributed by atoms with Crippen molar-refractivity contribution in [3.63, 3.8) is 0 Å². The molecule has 0 spiro atoms. The molecule has 0 bridgehead atoms. The van der Waals surface area contributed by atoms with Crippen LogP contribution in [0.25, 0.3) is 0 Å². The third kappa shape index (κ3) is 4.19. The lowest BCUT2D eigenvalue weighted by Crippen LogP contribution is -2.48. The Morgan fingerprint density at radius 3 is 2.23 bits per heavy atom. The Bertz CT molecular complexity index is 762. The predicted molar refractivity (Wildman–Crippen MR) is 98.0 cm³/mol. The zero-order valence-corrected chi connectivity index (χ0v) is 15.3. The van der Waals surface area contributed by atoms with Crippen LogP contribution in [-0.4, -0.2) is 73.8 Å². The lowest BCUT2D eigenvalue weighted by atomic mass is 9.97. The van der Waals surface area contributed by atoms with Crippen LogP contribution in [0.2, 0.25) is 0 Å². The third-order valence-electron chi connectivity index (χ3n) is 5.45. The summed E-state index contributed by atoms with van der Waals surface area (Å²) in [6.45, 7) is 7.55. The Morgan fingerprint density at radius 1 is 0.846 bits per heavy atom. The van der Waals surface area contributed by atoms with Gasteiger partial charge in [0.2, 0.25) is 0 Å². The minimum atomic E-state index is 0.0519. The van der Waals surface area contributed by atoms with Gasteiger partial charge >= 0.3 is 0 Å². The van der Waals surface area contributed by atoms with Crippen LogP contribution in [-0.2, 0) is 25.9 Å². The molecule has 0 unspecified atom stereocenters. The van der Waals surface area contributed by atoms with E-state index >= 15 is 0 Å². The second-order valence-corrected chi connectivity index (χ2v) is 7.19. The molecule has 1 fully saturated rings. The fourth-order valence-electron chi connectivity index (χ4n) is 3.82. The van der Waals surface area contributed by atoms with Crippen LogP contribution in [0.1, 0.15) is 24.1 Å². The van der Waals surface area contributed by atoms with Gasteiger partial charge in [0.05, 0.1) is 31.2 Å². The molecule has 4 rings (SSSR count). The standard InChI is InChI=1S/C18H27N7O/c26-18-15-16-3-1-2-4-17(16)21-24(18)13-11-22-7-9-23(10-8-22)12-14-25-19-5-6-20-25/h5-6,15H,1-4,7-14H2. The summed E-state index contributed by atoms with van der Waals surface area (Å²) in [4.78, 5) is 18.9. The zero-order valence-electron chi connectivity index (χ0n) is 15.3. The molecule has 0 aromatic carbocycles. The summed E-state index contributed by atoms with van der Waals surface area (Å²) in [5.41, 5.74) is 2.35. The highest BCUT2D eigenvalue weighted by Crippen LogP contribution is 2.16. The first-order valence-electron chi connectivity index (χ1n) is 9.67. The van der Waals surface area contributed by atoms with Crippen molar-refractivity contribution in [2.24, 2.45) is 0 Å². The minimum Gasteiger partial charge on any atom is -0.299 e. The van der Waals surface area contributed by atoms with E-state index in [9.17, 15) is 4.79 Å². The van der Waals surface area contributed by atoms with Gasteiger partial charge in [0, 0.05) is 45.3 Å². The molecule has 26 heavy (non-hydrogen) atoms. The molecule has 8 heteroatoms. The van der Waals surface area contributed by atoms with Gasteiger partial charge in [-0.25, -0.2) is 4.68 Å². The Hall–Kier alpha value is -2.06. The highest BCUT2D eigenvalue weighted by atomic mass is 16.1. The topological polar surface area (TPSA) is 72.1 Å². The summed E-state index contributed by atoms with van der Waals surface area (Å²) >= 11 is 0. The monoisotopic (exact) mass is 357 g/mol. The number of rotatable bonds is 6. The molecule has 1 aliphatic carbocycles. The SMILES string of the molecule is O=c1cc2c(nn1CCN1CCN(CCn3nccn3)CC1)CCCC2. The van der Waals surface area contributed by atoms with Crippen molar-refractivity contribution >= 4 is 0 Å². The second kappa shape index (κ2) is 8.09. The average molecular weight is 357 g/mol. The van der Waals surface area contributed by atoms with E-state index in [2.05, 4.69) is 25.1 Å². The van der Waals surface area contributed by atoms with E-state index < -0.39 is 0 Å². The molecule has 0 saturated carbocycles. The molecule has 2 aromatic rings. The van der Waals surface area contributed by atoms with E-state index in [0.29, 0.717) is 6.54 Å². The molecule has 140 valence electrons. The van der Waals surface area contributed by atoms with E-state index in [4.69, 9.17) is 0 Å². The van der Waals surface area contributed by atoms with Gasteiger partial charge < -0.3 is 0 Å². The van der Waals surface area contributed by atoms with Crippen molar-refractivity contribution < 1.29 is 0 Å². The fraction of sp³-hybridized carbons (Fsp3) is 0.667. The van der Waals surface area contributed by atoms with Gasteiger partial charge in [0.15, 0.2) is 0 Å². The molecule has 3 heterocycles. The molecule has 0 amide bonds. The number of aromatic nitrogens is 5. The van der Waals surface area contributed by atoms with Crippen LogP contribution in [0, 0.1) is 0 Å². The van der Waals surface area contributed by atoms with Gasteiger partial charge in [-0.1, -0.05) is 0 Å². The maximum absolute atomic E-state index is 12.3. The summed E-state index contributed by atoms with van der Waals surface area (Å²) in [5, 5.41) is 12.9. The number of hydrogen-bond acceptors (Lipinski definition) is 6. The maximum Gasteiger partial charge on any atom is 0.267 e. The Labute approximate surface area is 153 Å². The molecule has 8 nitrogen and oxygen atoms in total. The largest absolute Gasteiger partial charge is 0.299 e. The first kappa shape index (κ1) is 17.4. The Kier molecular flexibility index (Phi) is 5.40. The van der Waals surface area contributed by atoms with Gasteiger partial charge in [-0.2, -0.15) is 20.1 Å². The third-order valence-corrected chi connectivity index (χ3v) is 5.45.